The molecule has 0 bridgehead atoms. The van der Waals surface area contributed by atoms with Crippen molar-refractivity contribution in [1.82, 2.24) is 0 Å². The van der Waals surface area contributed by atoms with Gasteiger partial charge in [0.2, 0.25) is 0 Å². The van der Waals surface area contributed by atoms with E-state index in [1.165, 1.54) is 42.5 Å². The molecule has 0 unspecified atom stereocenters. The minimum absolute atomic E-state index is 0.0117. The van der Waals surface area contributed by atoms with E-state index < -0.39 is 28.5 Å². The van der Waals surface area contributed by atoms with Gasteiger partial charge in [0.25, 0.3) is 15.9 Å². The van der Waals surface area contributed by atoms with Gasteiger partial charge in [0.05, 0.1) is 10.5 Å². The Kier molecular flexibility index (Phi) is 7.30. The second-order valence-electron chi connectivity index (χ2n) is 8.05. The molecule has 36 heavy (non-hydrogen) atoms. The smallest absolute Gasteiger partial charge is 0.338 e. The highest BCUT2D eigenvalue weighted by Gasteiger charge is 2.20. The summed E-state index contributed by atoms with van der Waals surface area (Å²) in [7, 11) is -0.0728. The molecule has 3 aromatic carbocycles. The number of sulfonamides is 1. The number of benzene rings is 3. The van der Waals surface area contributed by atoms with Crippen molar-refractivity contribution in [3.05, 3.63) is 72.3 Å². The van der Waals surface area contributed by atoms with Crippen molar-refractivity contribution in [2.24, 2.45) is 0 Å². The summed E-state index contributed by atoms with van der Waals surface area (Å²) >= 11 is 0. The van der Waals surface area contributed by atoms with Crippen LogP contribution in [-0.4, -0.2) is 54.2 Å². The molecule has 1 aliphatic heterocycles. The Morgan fingerprint density at radius 2 is 1.53 bits per heavy atom. The van der Waals surface area contributed by atoms with Crippen LogP contribution in [0.15, 0.2) is 71.6 Å². The third-order valence-corrected chi connectivity index (χ3v) is 6.58. The first-order valence-corrected chi connectivity index (χ1v) is 12.5. The predicted molar refractivity (Wildman–Crippen MR) is 134 cm³/mol. The summed E-state index contributed by atoms with van der Waals surface area (Å²) in [4.78, 5) is 26.4. The lowest BCUT2D eigenvalue weighted by Gasteiger charge is -2.19. The van der Waals surface area contributed by atoms with Gasteiger partial charge >= 0.3 is 5.97 Å². The molecule has 3 aromatic rings. The number of nitrogens with one attached hydrogen (secondary N) is 2. The fraction of sp³-hybridized carbons (Fsp3) is 0.200. The number of rotatable bonds is 8. The molecule has 10 nitrogen and oxygen atoms in total. The van der Waals surface area contributed by atoms with Gasteiger partial charge in [-0.05, 0) is 60.7 Å². The first kappa shape index (κ1) is 24.9. The normalized spacial score (nSPS) is 12.4. The van der Waals surface area contributed by atoms with Crippen molar-refractivity contribution in [2.45, 2.75) is 4.90 Å². The summed E-state index contributed by atoms with van der Waals surface area (Å²) in [6, 6.07) is 17.2. The molecule has 0 atom stereocenters. The summed E-state index contributed by atoms with van der Waals surface area (Å²) in [5.41, 5.74) is 1.98. The van der Waals surface area contributed by atoms with Crippen LogP contribution in [0.2, 0.25) is 0 Å². The average molecular weight is 512 g/mol. The van der Waals surface area contributed by atoms with Gasteiger partial charge < -0.3 is 24.4 Å². The first-order chi connectivity index (χ1) is 17.2. The Balaban J connectivity index is 1.31. The summed E-state index contributed by atoms with van der Waals surface area (Å²) in [5, 5.41) is 2.66. The number of carbonyl (C=O) groups is 2. The Hall–Kier alpha value is -4.25. The summed E-state index contributed by atoms with van der Waals surface area (Å²) < 4.78 is 43.8. The van der Waals surface area contributed by atoms with Crippen molar-refractivity contribution >= 4 is 39.0 Å². The van der Waals surface area contributed by atoms with Gasteiger partial charge in [0.15, 0.2) is 18.1 Å². The molecular formula is C25H25N3O7S. The molecule has 0 radical (unpaired) electrons. The highest BCUT2D eigenvalue weighted by atomic mass is 32.2. The van der Waals surface area contributed by atoms with Crippen molar-refractivity contribution in [2.75, 3.05) is 48.9 Å². The van der Waals surface area contributed by atoms with Crippen LogP contribution in [0, 0.1) is 0 Å². The average Bonchev–Trinajstić information content (AvgIpc) is 2.87. The van der Waals surface area contributed by atoms with Crippen LogP contribution in [0.1, 0.15) is 10.4 Å². The molecule has 0 saturated heterocycles. The number of nitrogens with zero attached hydrogens (tertiary/aromatic N) is 1. The molecule has 0 spiro atoms. The second-order valence-corrected chi connectivity index (χ2v) is 9.74. The molecule has 0 saturated carbocycles. The molecule has 1 heterocycles. The number of hydrogen-bond acceptors (Lipinski definition) is 8. The number of carbonyl (C=O) groups excluding carboxylic acids is 2. The number of hydrogen-bond donors (Lipinski definition) is 2. The molecule has 4 rings (SSSR count). The molecule has 0 aliphatic carbocycles. The Bertz CT molecular complexity index is 1360. The van der Waals surface area contributed by atoms with E-state index in [1.54, 1.807) is 12.1 Å². The Labute approximate surface area is 208 Å². The number of esters is 1. The second kappa shape index (κ2) is 10.6. The third-order valence-electron chi connectivity index (χ3n) is 5.20. The number of ether oxygens (including phenoxy) is 3. The van der Waals surface area contributed by atoms with E-state index in [2.05, 4.69) is 10.0 Å². The molecular weight excluding hydrogens is 486 g/mol. The van der Waals surface area contributed by atoms with Crippen molar-refractivity contribution in [3.8, 4) is 11.5 Å². The van der Waals surface area contributed by atoms with E-state index in [4.69, 9.17) is 14.2 Å². The van der Waals surface area contributed by atoms with Crippen LogP contribution in [0.3, 0.4) is 0 Å². The van der Waals surface area contributed by atoms with E-state index in [1.807, 2.05) is 31.1 Å². The van der Waals surface area contributed by atoms with E-state index in [0.29, 0.717) is 30.4 Å². The maximum absolute atomic E-state index is 12.7. The molecule has 188 valence electrons. The molecule has 0 aromatic heterocycles. The fourth-order valence-electron chi connectivity index (χ4n) is 3.33. The van der Waals surface area contributed by atoms with Crippen molar-refractivity contribution in [1.29, 1.82) is 0 Å². The van der Waals surface area contributed by atoms with Crippen LogP contribution in [0.5, 0.6) is 11.5 Å². The summed E-state index contributed by atoms with van der Waals surface area (Å²) in [5.74, 6) is -0.352. The molecule has 2 N–H and O–H groups in total. The first-order valence-electron chi connectivity index (χ1n) is 11.0. The van der Waals surface area contributed by atoms with E-state index in [9.17, 15) is 18.0 Å². The standard InChI is InChI=1S/C25H25N3O7S/c1-28(2)20-9-7-18(8-10-20)26-24(29)16-35-25(30)17-3-5-19(6-4-17)27-36(31,32)21-11-12-22-23(15-21)34-14-13-33-22/h3-12,15,27H,13-14,16H2,1-2H3,(H,26,29). The highest BCUT2D eigenvalue weighted by Crippen LogP contribution is 2.32. The van der Waals surface area contributed by atoms with Gasteiger partial charge in [-0.3, -0.25) is 9.52 Å². The van der Waals surface area contributed by atoms with Crippen molar-refractivity contribution < 1.29 is 32.2 Å². The lowest BCUT2D eigenvalue weighted by Crippen LogP contribution is -2.21. The minimum atomic E-state index is -3.90. The third kappa shape index (κ3) is 6.05. The topological polar surface area (TPSA) is 123 Å². The minimum Gasteiger partial charge on any atom is -0.486 e. The molecule has 11 heteroatoms. The zero-order valence-electron chi connectivity index (χ0n) is 19.7. The predicted octanol–water partition coefficient (Wildman–Crippen LogP) is 3.12. The maximum atomic E-state index is 12.7. The zero-order valence-corrected chi connectivity index (χ0v) is 20.5. The Morgan fingerprint density at radius 3 is 2.19 bits per heavy atom. The van der Waals surface area contributed by atoms with Gasteiger partial charge in [0.1, 0.15) is 13.2 Å². The van der Waals surface area contributed by atoms with E-state index in [-0.39, 0.29) is 16.1 Å². The lowest BCUT2D eigenvalue weighted by atomic mass is 10.2. The zero-order chi connectivity index (χ0) is 25.7. The molecule has 0 fully saturated rings. The molecule has 1 amide bonds. The highest BCUT2D eigenvalue weighted by molar-refractivity contribution is 7.92. The van der Waals surface area contributed by atoms with Gasteiger partial charge in [-0.2, -0.15) is 0 Å². The lowest BCUT2D eigenvalue weighted by molar-refractivity contribution is -0.119. The van der Waals surface area contributed by atoms with Crippen LogP contribution >= 0.6 is 0 Å². The van der Waals surface area contributed by atoms with Crippen LogP contribution in [0.25, 0.3) is 0 Å². The van der Waals surface area contributed by atoms with Crippen molar-refractivity contribution in [3.63, 3.8) is 0 Å². The number of anilines is 3. The summed E-state index contributed by atoms with van der Waals surface area (Å²) in [6.45, 7) is 0.279. The van der Waals surface area contributed by atoms with Crippen LogP contribution in [-0.2, 0) is 19.6 Å². The van der Waals surface area contributed by atoms with Gasteiger partial charge in [-0.25, -0.2) is 13.2 Å². The summed E-state index contributed by atoms with van der Waals surface area (Å²) in [6.07, 6.45) is 0. The Morgan fingerprint density at radius 1 is 0.889 bits per heavy atom. The van der Waals surface area contributed by atoms with Crippen LogP contribution < -0.4 is 24.4 Å². The number of fused-ring (bicyclic) bond motifs is 1. The van der Waals surface area contributed by atoms with E-state index >= 15 is 0 Å². The van der Waals surface area contributed by atoms with Gasteiger partial charge in [-0.15, -0.1) is 0 Å². The quantitative estimate of drug-likeness (QED) is 0.442. The monoisotopic (exact) mass is 511 g/mol. The largest absolute Gasteiger partial charge is 0.486 e. The fourth-order valence-corrected chi connectivity index (χ4v) is 4.41. The van der Waals surface area contributed by atoms with Crippen LogP contribution in [0.4, 0.5) is 17.1 Å². The SMILES string of the molecule is CN(C)c1ccc(NC(=O)COC(=O)c2ccc(NS(=O)(=O)c3ccc4c(c3)OCCO4)cc2)cc1. The van der Waals surface area contributed by atoms with Gasteiger partial charge in [0, 0.05) is 37.2 Å². The maximum Gasteiger partial charge on any atom is 0.338 e. The molecule has 1 aliphatic rings. The van der Waals surface area contributed by atoms with Gasteiger partial charge in [-0.1, -0.05) is 0 Å². The number of amides is 1. The van der Waals surface area contributed by atoms with E-state index in [0.717, 1.165) is 5.69 Å².